The second-order valence-electron chi connectivity index (χ2n) is 3.50. The Hall–Kier alpha value is -0.480. The average molecular weight is 269 g/mol. The van der Waals surface area contributed by atoms with Crippen LogP contribution in [0.15, 0.2) is 23.8 Å². The minimum Gasteiger partial charge on any atom is -0.107 e. The summed E-state index contributed by atoms with van der Waals surface area (Å²) in [6, 6.07) is 0. The molecule has 0 N–H and O–H groups in total. The Morgan fingerprint density at radius 3 is 2.60 bits per heavy atom. The quantitative estimate of drug-likeness (QED) is 0.268. The van der Waals surface area contributed by atoms with E-state index in [1.165, 1.54) is 12.0 Å². The van der Waals surface area contributed by atoms with E-state index in [1.807, 2.05) is 6.92 Å². The van der Waals surface area contributed by atoms with Crippen LogP contribution in [0.2, 0.25) is 0 Å². The molecule has 0 atom stereocenters. The summed E-state index contributed by atoms with van der Waals surface area (Å²) in [5, 5.41) is 1.06. The highest BCUT2D eigenvalue weighted by Gasteiger charge is 1.87. The van der Waals surface area contributed by atoms with Crippen molar-refractivity contribution in [2.45, 2.75) is 46.0 Å². The van der Waals surface area contributed by atoms with Gasteiger partial charge in [-0.2, -0.15) is 0 Å². The van der Waals surface area contributed by atoms with Gasteiger partial charge in [-0.1, -0.05) is 39.7 Å². The molecule has 0 radical (unpaired) electrons. The van der Waals surface area contributed by atoms with Crippen molar-refractivity contribution < 1.29 is 0 Å². The lowest BCUT2D eigenvalue weighted by atomic mass is 10.1. The fourth-order valence-electron chi connectivity index (χ4n) is 1.23. The first kappa shape index (κ1) is 14.5. The van der Waals surface area contributed by atoms with Gasteiger partial charge in [0, 0.05) is 11.8 Å². The maximum atomic E-state index is 3.40. The molecule has 15 heavy (non-hydrogen) atoms. The third-order valence-electron chi connectivity index (χ3n) is 2.09. The van der Waals surface area contributed by atoms with Gasteiger partial charge in [-0.05, 0) is 39.5 Å². The number of unbranched alkanes of at least 4 members (excludes halogenated alkanes) is 1. The Bertz CT molecular complexity index is 250. The van der Waals surface area contributed by atoms with Crippen molar-refractivity contribution in [2.75, 3.05) is 5.33 Å². The summed E-state index contributed by atoms with van der Waals surface area (Å²) in [6.07, 6.45) is 12.4. The normalized spacial score (nSPS) is 11.5. The van der Waals surface area contributed by atoms with E-state index in [1.54, 1.807) is 0 Å². The summed E-state index contributed by atoms with van der Waals surface area (Å²) in [7, 11) is 0. The van der Waals surface area contributed by atoms with Crippen LogP contribution in [-0.2, 0) is 0 Å². The first-order valence-corrected chi connectivity index (χ1v) is 6.69. The third-order valence-corrected chi connectivity index (χ3v) is 2.54. The molecule has 0 rings (SSSR count). The highest BCUT2D eigenvalue weighted by Crippen LogP contribution is 2.07. The van der Waals surface area contributed by atoms with E-state index >= 15 is 0 Å². The van der Waals surface area contributed by atoms with Gasteiger partial charge in [-0.25, -0.2) is 0 Å². The monoisotopic (exact) mass is 268 g/mol. The average Bonchev–Trinajstić information content (AvgIpc) is 2.24. The number of hydrogen-bond donors (Lipinski definition) is 0. The van der Waals surface area contributed by atoms with Crippen LogP contribution in [0.1, 0.15) is 46.0 Å². The lowest BCUT2D eigenvalue weighted by Gasteiger charge is -1.96. The SMILES string of the molecule is CC#CCC/C=C(\C)CC/C=C/CCBr. The van der Waals surface area contributed by atoms with Crippen LogP contribution in [-0.4, -0.2) is 5.33 Å². The van der Waals surface area contributed by atoms with Gasteiger partial charge < -0.3 is 0 Å². The van der Waals surface area contributed by atoms with Gasteiger partial charge in [0.1, 0.15) is 0 Å². The number of hydrogen-bond acceptors (Lipinski definition) is 0. The molecule has 0 nitrogen and oxygen atoms in total. The van der Waals surface area contributed by atoms with Crippen LogP contribution in [0.3, 0.4) is 0 Å². The van der Waals surface area contributed by atoms with Crippen LogP contribution in [0.5, 0.6) is 0 Å². The van der Waals surface area contributed by atoms with Gasteiger partial charge in [0.25, 0.3) is 0 Å². The molecule has 0 saturated carbocycles. The summed E-state index contributed by atoms with van der Waals surface area (Å²) in [5.74, 6) is 5.99. The Morgan fingerprint density at radius 2 is 1.93 bits per heavy atom. The van der Waals surface area contributed by atoms with Gasteiger partial charge >= 0.3 is 0 Å². The van der Waals surface area contributed by atoms with Gasteiger partial charge in [0.05, 0.1) is 0 Å². The second-order valence-corrected chi connectivity index (χ2v) is 4.30. The fourth-order valence-corrected chi connectivity index (χ4v) is 1.49. The van der Waals surface area contributed by atoms with Crippen molar-refractivity contribution in [1.29, 1.82) is 0 Å². The number of allylic oxidation sites excluding steroid dienone is 4. The summed E-state index contributed by atoms with van der Waals surface area (Å²) in [5.41, 5.74) is 1.48. The zero-order valence-electron chi connectivity index (χ0n) is 9.85. The molecule has 0 fully saturated rings. The molecular weight excluding hydrogens is 248 g/mol. The highest BCUT2D eigenvalue weighted by atomic mass is 79.9. The van der Waals surface area contributed by atoms with Crippen molar-refractivity contribution in [2.24, 2.45) is 0 Å². The smallest absolute Gasteiger partial charge is 0.0123 e. The predicted octanol–water partition coefficient (Wildman–Crippen LogP) is 4.86. The van der Waals surface area contributed by atoms with Gasteiger partial charge in [-0.15, -0.1) is 11.8 Å². The molecule has 0 aliphatic rings. The lowest BCUT2D eigenvalue weighted by Crippen LogP contribution is -1.77. The van der Waals surface area contributed by atoms with Gasteiger partial charge in [0.2, 0.25) is 0 Å². The molecule has 0 heterocycles. The molecule has 84 valence electrons. The van der Waals surface area contributed by atoms with Crippen molar-refractivity contribution in [3.05, 3.63) is 23.8 Å². The predicted molar refractivity (Wildman–Crippen MR) is 73.2 cm³/mol. The lowest BCUT2D eigenvalue weighted by molar-refractivity contribution is 0.944. The molecule has 0 aromatic heterocycles. The van der Waals surface area contributed by atoms with Crippen LogP contribution in [0, 0.1) is 11.8 Å². The van der Waals surface area contributed by atoms with Gasteiger partial charge in [-0.3, -0.25) is 0 Å². The number of halogens is 1. The summed E-state index contributed by atoms with van der Waals surface area (Å²) in [4.78, 5) is 0. The minimum absolute atomic E-state index is 0.993. The Kier molecular flexibility index (Phi) is 11.2. The summed E-state index contributed by atoms with van der Waals surface area (Å²) < 4.78 is 0. The number of alkyl halides is 1. The molecule has 0 spiro atoms. The fraction of sp³-hybridized carbons (Fsp3) is 0.571. The molecule has 0 aromatic rings. The topological polar surface area (TPSA) is 0 Å². The third kappa shape index (κ3) is 11.4. The molecule has 1 heteroatoms. The first-order valence-electron chi connectivity index (χ1n) is 5.57. The first-order chi connectivity index (χ1) is 7.31. The summed E-state index contributed by atoms with van der Waals surface area (Å²) in [6.45, 7) is 4.10. The van der Waals surface area contributed by atoms with Crippen LogP contribution in [0.4, 0.5) is 0 Å². The molecular formula is C14H21Br. The zero-order valence-corrected chi connectivity index (χ0v) is 11.4. The van der Waals surface area contributed by atoms with Crippen LogP contribution in [0.25, 0.3) is 0 Å². The second kappa shape index (κ2) is 11.6. The molecule has 0 saturated heterocycles. The van der Waals surface area contributed by atoms with E-state index in [0.717, 1.165) is 31.0 Å². The standard InChI is InChI=1S/C14H21Br/c1-3-4-5-8-11-14(2)12-9-6-7-10-13-15/h6-7,11H,5,8-10,12-13H2,1-2H3/b7-6+,14-11+. The van der Waals surface area contributed by atoms with E-state index < -0.39 is 0 Å². The van der Waals surface area contributed by atoms with Crippen molar-refractivity contribution in [3.8, 4) is 11.8 Å². The van der Waals surface area contributed by atoms with E-state index in [9.17, 15) is 0 Å². The zero-order chi connectivity index (χ0) is 11.4. The number of rotatable bonds is 7. The van der Waals surface area contributed by atoms with Gasteiger partial charge in [0.15, 0.2) is 0 Å². The van der Waals surface area contributed by atoms with Crippen molar-refractivity contribution in [1.82, 2.24) is 0 Å². The Morgan fingerprint density at radius 1 is 1.20 bits per heavy atom. The Balaban J connectivity index is 3.53. The maximum Gasteiger partial charge on any atom is 0.0123 e. The maximum absolute atomic E-state index is 3.40. The van der Waals surface area contributed by atoms with Crippen LogP contribution < -0.4 is 0 Å². The summed E-state index contributed by atoms with van der Waals surface area (Å²) >= 11 is 3.40. The van der Waals surface area contributed by atoms with Crippen molar-refractivity contribution in [3.63, 3.8) is 0 Å². The van der Waals surface area contributed by atoms with E-state index in [-0.39, 0.29) is 0 Å². The van der Waals surface area contributed by atoms with Crippen molar-refractivity contribution >= 4 is 15.9 Å². The minimum atomic E-state index is 0.993. The molecule has 0 aromatic carbocycles. The van der Waals surface area contributed by atoms with E-state index in [4.69, 9.17) is 0 Å². The largest absolute Gasteiger partial charge is 0.107 e. The molecule has 0 amide bonds. The molecule has 0 aliphatic carbocycles. The van der Waals surface area contributed by atoms with Crippen LogP contribution >= 0.6 is 15.9 Å². The van der Waals surface area contributed by atoms with E-state index in [0.29, 0.717) is 0 Å². The molecule has 0 bridgehead atoms. The van der Waals surface area contributed by atoms with E-state index in [2.05, 4.69) is 52.9 Å². The Labute approximate surface area is 103 Å². The molecule has 0 aliphatic heterocycles. The highest BCUT2D eigenvalue weighted by molar-refractivity contribution is 9.09. The molecule has 0 unspecified atom stereocenters.